The third-order valence-corrected chi connectivity index (χ3v) is 2.57. The van der Waals surface area contributed by atoms with Gasteiger partial charge in [-0.05, 0) is 25.0 Å². The molecule has 0 fully saturated rings. The van der Waals surface area contributed by atoms with Gasteiger partial charge in [-0.1, -0.05) is 31.5 Å². The van der Waals surface area contributed by atoms with Crippen LogP contribution in [0.4, 0.5) is 10.5 Å². The standard InChI is InChI=1S/C15H24N2O3/c1-11(2)9-20-10-14(18)8-16-15(19)17-13-6-4-12(3)5-7-13/h4-7,11,14,18H,8-10H2,1-3H3,(H2,16,17,19). The van der Waals surface area contributed by atoms with E-state index in [9.17, 15) is 9.90 Å². The van der Waals surface area contributed by atoms with Gasteiger partial charge >= 0.3 is 6.03 Å². The van der Waals surface area contributed by atoms with Gasteiger partial charge in [0.25, 0.3) is 0 Å². The van der Waals surface area contributed by atoms with Gasteiger partial charge in [0, 0.05) is 18.8 Å². The number of hydrogen-bond acceptors (Lipinski definition) is 3. The van der Waals surface area contributed by atoms with Crippen molar-refractivity contribution in [2.75, 3.05) is 25.1 Å². The van der Waals surface area contributed by atoms with E-state index in [1.807, 2.05) is 45.0 Å². The quantitative estimate of drug-likeness (QED) is 0.716. The van der Waals surface area contributed by atoms with Gasteiger partial charge in [-0.25, -0.2) is 4.79 Å². The summed E-state index contributed by atoms with van der Waals surface area (Å²) >= 11 is 0. The molecule has 0 heterocycles. The molecule has 5 nitrogen and oxygen atoms in total. The van der Waals surface area contributed by atoms with Gasteiger partial charge < -0.3 is 20.5 Å². The number of urea groups is 1. The third kappa shape index (κ3) is 7.11. The third-order valence-electron chi connectivity index (χ3n) is 2.57. The van der Waals surface area contributed by atoms with Crippen molar-refractivity contribution in [2.45, 2.75) is 26.9 Å². The Hall–Kier alpha value is -1.59. The molecule has 0 aliphatic rings. The minimum absolute atomic E-state index is 0.162. The van der Waals surface area contributed by atoms with E-state index in [0.717, 1.165) is 11.3 Å². The molecular formula is C15H24N2O3. The van der Waals surface area contributed by atoms with Crippen LogP contribution in [0.1, 0.15) is 19.4 Å². The van der Waals surface area contributed by atoms with Crippen LogP contribution in [0.25, 0.3) is 0 Å². The van der Waals surface area contributed by atoms with Crippen LogP contribution in [0.2, 0.25) is 0 Å². The van der Waals surface area contributed by atoms with Crippen molar-refractivity contribution >= 4 is 11.7 Å². The molecule has 112 valence electrons. The van der Waals surface area contributed by atoms with Crippen LogP contribution in [0, 0.1) is 12.8 Å². The number of rotatable bonds is 7. The molecule has 0 saturated heterocycles. The van der Waals surface area contributed by atoms with Crippen LogP contribution in [0.5, 0.6) is 0 Å². The van der Waals surface area contributed by atoms with Crippen molar-refractivity contribution in [3.05, 3.63) is 29.8 Å². The van der Waals surface area contributed by atoms with Gasteiger partial charge in [0.1, 0.15) is 0 Å². The topological polar surface area (TPSA) is 70.6 Å². The molecule has 1 aromatic rings. The van der Waals surface area contributed by atoms with Gasteiger partial charge in [0.2, 0.25) is 0 Å². The summed E-state index contributed by atoms with van der Waals surface area (Å²) in [5, 5.41) is 14.9. The number of anilines is 1. The van der Waals surface area contributed by atoms with Crippen LogP contribution in [0.15, 0.2) is 24.3 Å². The van der Waals surface area contributed by atoms with Crippen LogP contribution in [0.3, 0.4) is 0 Å². The van der Waals surface area contributed by atoms with E-state index in [0.29, 0.717) is 12.5 Å². The molecule has 20 heavy (non-hydrogen) atoms. The molecule has 3 N–H and O–H groups in total. The second-order valence-electron chi connectivity index (χ2n) is 5.29. The molecule has 0 aliphatic carbocycles. The summed E-state index contributed by atoms with van der Waals surface area (Å²) in [5.74, 6) is 0.431. The first-order chi connectivity index (χ1) is 9.47. The number of ether oxygens (including phenoxy) is 1. The maximum atomic E-state index is 11.6. The lowest BCUT2D eigenvalue weighted by Gasteiger charge is -2.14. The molecule has 1 atom stereocenters. The van der Waals surface area contributed by atoms with Gasteiger partial charge in [-0.2, -0.15) is 0 Å². The SMILES string of the molecule is Cc1ccc(NC(=O)NCC(O)COCC(C)C)cc1. The number of carbonyl (C=O) groups is 1. The fourth-order valence-corrected chi connectivity index (χ4v) is 1.52. The van der Waals surface area contributed by atoms with Crippen molar-refractivity contribution in [1.82, 2.24) is 5.32 Å². The monoisotopic (exact) mass is 280 g/mol. The van der Waals surface area contributed by atoms with Crippen LogP contribution >= 0.6 is 0 Å². The Bertz CT molecular complexity index is 404. The number of nitrogens with one attached hydrogen (secondary N) is 2. The number of amides is 2. The zero-order chi connectivity index (χ0) is 15.0. The number of hydrogen-bond donors (Lipinski definition) is 3. The highest BCUT2D eigenvalue weighted by atomic mass is 16.5. The minimum atomic E-state index is -0.697. The van der Waals surface area contributed by atoms with Crippen molar-refractivity contribution in [1.29, 1.82) is 0 Å². The molecule has 0 bridgehead atoms. The Morgan fingerprint density at radius 2 is 1.90 bits per heavy atom. The van der Waals surface area contributed by atoms with Gasteiger partial charge in [0.15, 0.2) is 0 Å². The Morgan fingerprint density at radius 1 is 1.25 bits per heavy atom. The predicted octanol–water partition coefficient (Wildman–Crippen LogP) is 2.15. The van der Waals surface area contributed by atoms with E-state index in [1.54, 1.807) is 0 Å². The summed E-state index contributed by atoms with van der Waals surface area (Å²) in [4.78, 5) is 11.6. The first-order valence-electron chi connectivity index (χ1n) is 6.84. The summed E-state index contributed by atoms with van der Waals surface area (Å²) in [5.41, 5.74) is 1.85. The Labute approximate surface area is 120 Å². The highest BCUT2D eigenvalue weighted by Gasteiger charge is 2.07. The predicted molar refractivity (Wildman–Crippen MR) is 79.9 cm³/mol. The summed E-state index contributed by atoms with van der Waals surface area (Å²) in [6, 6.07) is 7.17. The van der Waals surface area contributed by atoms with Crippen LogP contribution < -0.4 is 10.6 Å². The van der Waals surface area contributed by atoms with Crippen LogP contribution in [-0.4, -0.2) is 37.0 Å². The first kappa shape index (κ1) is 16.5. The smallest absolute Gasteiger partial charge is 0.319 e. The van der Waals surface area contributed by atoms with Gasteiger partial charge in [-0.15, -0.1) is 0 Å². The Kier molecular flexibility index (Phi) is 7.04. The van der Waals surface area contributed by atoms with E-state index in [-0.39, 0.29) is 19.2 Å². The molecule has 1 aromatic carbocycles. The molecule has 0 spiro atoms. The minimum Gasteiger partial charge on any atom is -0.389 e. The Balaban J connectivity index is 2.20. The normalized spacial score (nSPS) is 12.2. The number of carbonyl (C=O) groups excluding carboxylic acids is 1. The molecule has 1 unspecified atom stereocenters. The van der Waals surface area contributed by atoms with Crippen molar-refractivity contribution in [3.63, 3.8) is 0 Å². The average Bonchev–Trinajstić information content (AvgIpc) is 2.39. The first-order valence-corrected chi connectivity index (χ1v) is 6.84. The van der Waals surface area contributed by atoms with Crippen molar-refractivity contribution in [3.8, 4) is 0 Å². The molecule has 0 saturated carbocycles. The molecular weight excluding hydrogens is 256 g/mol. The number of aryl methyl sites for hydroxylation is 1. The second-order valence-corrected chi connectivity index (χ2v) is 5.29. The molecule has 2 amide bonds. The van der Waals surface area contributed by atoms with Gasteiger partial charge in [0.05, 0.1) is 12.7 Å². The molecule has 5 heteroatoms. The van der Waals surface area contributed by atoms with E-state index < -0.39 is 6.10 Å². The highest BCUT2D eigenvalue weighted by molar-refractivity contribution is 5.89. The lowest BCUT2D eigenvalue weighted by molar-refractivity contribution is 0.0274. The molecule has 0 aromatic heterocycles. The molecule has 0 radical (unpaired) electrons. The lowest BCUT2D eigenvalue weighted by Crippen LogP contribution is -2.37. The highest BCUT2D eigenvalue weighted by Crippen LogP contribution is 2.07. The van der Waals surface area contributed by atoms with E-state index in [1.165, 1.54) is 0 Å². The van der Waals surface area contributed by atoms with Crippen molar-refractivity contribution in [2.24, 2.45) is 5.92 Å². The van der Waals surface area contributed by atoms with Crippen LogP contribution in [-0.2, 0) is 4.74 Å². The summed E-state index contributed by atoms with van der Waals surface area (Å²) in [6.07, 6.45) is -0.697. The fraction of sp³-hybridized carbons (Fsp3) is 0.533. The molecule has 1 rings (SSSR count). The van der Waals surface area contributed by atoms with E-state index in [2.05, 4.69) is 10.6 Å². The van der Waals surface area contributed by atoms with E-state index >= 15 is 0 Å². The largest absolute Gasteiger partial charge is 0.389 e. The maximum Gasteiger partial charge on any atom is 0.319 e. The Morgan fingerprint density at radius 3 is 2.50 bits per heavy atom. The fourth-order valence-electron chi connectivity index (χ4n) is 1.52. The number of aliphatic hydroxyl groups is 1. The molecule has 0 aliphatic heterocycles. The average molecular weight is 280 g/mol. The zero-order valence-corrected chi connectivity index (χ0v) is 12.3. The van der Waals surface area contributed by atoms with Crippen molar-refractivity contribution < 1.29 is 14.6 Å². The summed E-state index contributed by atoms with van der Waals surface area (Å²) in [6.45, 7) is 7.06. The summed E-state index contributed by atoms with van der Waals surface area (Å²) in [7, 11) is 0. The number of benzene rings is 1. The summed E-state index contributed by atoms with van der Waals surface area (Å²) < 4.78 is 5.30. The van der Waals surface area contributed by atoms with Gasteiger partial charge in [-0.3, -0.25) is 0 Å². The van der Waals surface area contributed by atoms with E-state index in [4.69, 9.17) is 4.74 Å². The zero-order valence-electron chi connectivity index (χ0n) is 12.3. The lowest BCUT2D eigenvalue weighted by atomic mass is 10.2. The maximum absolute atomic E-state index is 11.6. The number of aliphatic hydroxyl groups excluding tert-OH is 1. The second kappa shape index (κ2) is 8.55.